The van der Waals surface area contributed by atoms with Crippen molar-refractivity contribution in [2.24, 2.45) is 56.7 Å². The van der Waals surface area contributed by atoms with E-state index in [0.717, 1.165) is 30.1 Å². The summed E-state index contributed by atoms with van der Waals surface area (Å²) in [7, 11) is 0. The van der Waals surface area contributed by atoms with E-state index in [1.165, 1.54) is 76.2 Å². The number of hydrogen-bond acceptors (Lipinski definition) is 1. The van der Waals surface area contributed by atoms with Gasteiger partial charge in [0.2, 0.25) is 0 Å². The zero-order valence-electron chi connectivity index (χ0n) is 21.1. The van der Waals surface area contributed by atoms with Crippen LogP contribution in [0.3, 0.4) is 0 Å². The Morgan fingerprint density at radius 1 is 0.742 bits per heavy atom. The molecule has 0 spiro atoms. The quantitative estimate of drug-likeness (QED) is 0.394. The van der Waals surface area contributed by atoms with Gasteiger partial charge in [-0.25, -0.2) is 0 Å². The lowest BCUT2D eigenvalue weighted by Crippen LogP contribution is -2.68. The summed E-state index contributed by atoms with van der Waals surface area (Å²) in [5.74, 6) is 3.94. The Morgan fingerprint density at radius 3 is 2.19 bits per heavy atom. The van der Waals surface area contributed by atoms with Crippen molar-refractivity contribution in [3.63, 3.8) is 0 Å². The molecule has 0 aromatic heterocycles. The third-order valence-corrected chi connectivity index (χ3v) is 13.9. The van der Waals surface area contributed by atoms with Gasteiger partial charge in [0.15, 0.2) is 0 Å². The first-order chi connectivity index (χ1) is 14.5. The monoisotopic (exact) mass is 424 g/mol. The highest BCUT2D eigenvalue weighted by Gasteiger charge is 2.73. The molecule has 174 valence electrons. The lowest BCUT2D eigenvalue weighted by atomic mass is 9.31. The van der Waals surface area contributed by atoms with Crippen LogP contribution in [0.4, 0.5) is 0 Å². The summed E-state index contributed by atoms with van der Waals surface area (Å²) in [6.07, 6.45) is 16.1. The summed E-state index contributed by atoms with van der Waals surface area (Å²) >= 11 is 0. The molecular weight excluding hydrogens is 376 g/mol. The molecule has 1 heteroatoms. The van der Waals surface area contributed by atoms with Gasteiger partial charge in [0.05, 0.1) is 6.10 Å². The van der Waals surface area contributed by atoms with Crippen molar-refractivity contribution in [1.82, 2.24) is 0 Å². The van der Waals surface area contributed by atoms with E-state index in [9.17, 15) is 5.11 Å². The van der Waals surface area contributed by atoms with Crippen LogP contribution in [-0.2, 0) is 0 Å². The van der Waals surface area contributed by atoms with E-state index in [0.29, 0.717) is 27.6 Å². The fourth-order valence-electron chi connectivity index (χ4n) is 12.6. The van der Waals surface area contributed by atoms with Crippen LogP contribution in [0.2, 0.25) is 0 Å². The Kier molecular flexibility index (Phi) is 4.27. The van der Waals surface area contributed by atoms with Crippen molar-refractivity contribution in [3.8, 4) is 0 Å². The maximum absolute atomic E-state index is 11.6. The molecule has 2 bridgehead atoms. The Bertz CT molecular complexity index is 796. The second-order valence-corrected chi connectivity index (χ2v) is 14.7. The van der Waals surface area contributed by atoms with Gasteiger partial charge in [-0.05, 0) is 122 Å². The third-order valence-electron chi connectivity index (χ3n) is 13.9. The average molecular weight is 425 g/mol. The molecule has 0 aromatic carbocycles. The van der Waals surface area contributed by atoms with Crippen LogP contribution in [0.15, 0.2) is 12.2 Å². The highest BCUT2D eigenvalue weighted by molar-refractivity contribution is 5.26. The van der Waals surface area contributed by atoms with Gasteiger partial charge in [0.25, 0.3) is 0 Å². The van der Waals surface area contributed by atoms with Crippen LogP contribution in [0.25, 0.3) is 0 Å². The minimum Gasteiger partial charge on any atom is -0.392 e. The van der Waals surface area contributed by atoms with E-state index in [-0.39, 0.29) is 11.5 Å². The molecule has 6 rings (SSSR count). The van der Waals surface area contributed by atoms with E-state index in [1.807, 2.05) is 0 Å². The lowest BCUT2D eigenvalue weighted by molar-refractivity contribution is -0.259. The molecule has 0 amide bonds. The largest absolute Gasteiger partial charge is 0.392 e. The van der Waals surface area contributed by atoms with E-state index >= 15 is 0 Å². The van der Waals surface area contributed by atoms with E-state index in [2.05, 4.69) is 41.2 Å². The smallest absolute Gasteiger partial charge is 0.0639 e. The predicted molar refractivity (Wildman–Crippen MR) is 129 cm³/mol. The number of hydrogen-bond donors (Lipinski definition) is 1. The molecule has 6 aliphatic rings. The molecule has 6 aliphatic carbocycles. The summed E-state index contributed by atoms with van der Waals surface area (Å²) in [4.78, 5) is 0. The molecule has 1 nitrogen and oxygen atoms in total. The summed E-state index contributed by atoms with van der Waals surface area (Å²) in [6, 6.07) is 0. The van der Waals surface area contributed by atoms with Crippen molar-refractivity contribution < 1.29 is 5.11 Å². The highest BCUT2D eigenvalue weighted by atomic mass is 16.3. The van der Waals surface area contributed by atoms with Crippen molar-refractivity contribution in [1.29, 1.82) is 0 Å². The van der Waals surface area contributed by atoms with Gasteiger partial charge in [-0.3, -0.25) is 0 Å². The number of rotatable bonds is 0. The second kappa shape index (κ2) is 6.22. The minimum atomic E-state index is -0.130. The molecule has 0 radical (unpaired) electrons. The van der Waals surface area contributed by atoms with Crippen LogP contribution >= 0.6 is 0 Å². The van der Waals surface area contributed by atoms with Crippen LogP contribution < -0.4 is 0 Å². The van der Waals surface area contributed by atoms with Crippen LogP contribution in [0.1, 0.15) is 112 Å². The van der Waals surface area contributed by atoms with E-state index in [4.69, 9.17) is 0 Å². The molecule has 0 aromatic rings. The van der Waals surface area contributed by atoms with E-state index in [1.54, 1.807) is 0 Å². The summed E-state index contributed by atoms with van der Waals surface area (Å²) < 4.78 is 0. The average Bonchev–Trinajstić information content (AvgIpc) is 3.02. The number of fused-ring (bicyclic) bond motifs is 5. The molecule has 0 aliphatic heterocycles. The Hall–Kier alpha value is -0.300. The third kappa shape index (κ3) is 2.29. The standard InChI is InChI=1S/C30H48O/c1-19-18-25(31)30-17-10-20(19)21(30)11-15-29(6)24(30)9-8-23-27(4)14-7-13-26(2,3)22(27)12-16-28(23,29)5/h20-25,31H,1,7-18H2,2-6H3/t20-,21+,22+,23-,24+,25+,27+,28-,29-,30-/m1/s1. The number of aliphatic hydroxyl groups excluding tert-OH is 1. The van der Waals surface area contributed by atoms with Crippen molar-refractivity contribution in [2.45, 2.75) is 118 Å². The fourth-order valence-corrected chi connectivity index (χ4v) is 12.6. The van der Waals surface area contributed by atoms with Gasteiger partial charge in [-0.2, -0.15) is 0 Å². The van der Waals surface area contributed by atoms with Gasteiger partial charge >= 0.3 is 0 Å². The first-order valence-corrected chi connectivity index (χ1v) is 13.9. The van der Waals surface area contributed by atoms with Gasteiger partial charge in [-0.15, -0.1) is 0 Å². The highest BCUT2D eigenvalue weighted by Crippen LogP contribution is 2.79. The Morgan fingerprint density at radius 2 is 1.42 bits per heavy atom. The van der Waals surface area contributed by atoms with E-state index < -0.39 is 0 Å². The molecule has 31 heavy (non-hydrogen) atoms. The number of aliphatic hydroxyl groups is 1. The molecule has 0 unspecified atom stereocenters. The van der Waals surface area contributed by atoms with Gasteiger partial charge < -0.3 is 5.11 Å². The first-order valence-electron chi connectivity index (χ1n) is 13.9. The minimum absolute atomic E-state index is 0.130. The van der Waals surface area contributed by atoms with Gasteiger partial charge in [0, 0.05) is 5.41 Å². The van der Waals surface area contributed by atoms with Crippen molar-refractivity contribution >= 4 is 0 Å². The molecule has 0 saturated heterocycles. The molecule has 6 saturated carbocycles. The van der Waals surface area contributed by atoms with Crippen molar-refractivity contribution in [2.75, 3.05) is 0 Å². The van der Waals surface area contributed by atoms with Crippen LogP contribution in [0, 0.1) is 56.7 Å². The Labute approximate surface area is 191 Å². The van der Waals surface area contributed by atoms with Crippen LogP contribution in [-0.4, -0.2) is 11.2 Å². The summed E-state index contributed by atoms with van der Waals surface area (Å²) in [5, 5.41) is 11.6. The normalized spacial score (nSPS) is 59.9. The molecule has 6 fully saturated rings. The second-order valence-electron chi connectivity index (χ2n) is 14.7. The topological polar surface area (TPSA) is 20.2 Å². The van der Waals surface area contributed by atoms with Crippen LogP contribution in [0.5, 0.6) is 0 Å². The zero-order chi connectivity index (χ0) is 22.0. The molecule has 1 N–H and O–H groups in total. The van der Waals surface area contributed by atoms with Gasteiger partial charge in [0.1, 0.15) is 0 Å². The zero-order valence-corrected chi connectivity index (χ0v) is 21.1. The fraction of sp³-hybridized carbons (Fsp3) is 0.933. The Balaban J connectivity index is 1.42. The summed E-state index contributed by atoms with van der Waals surface area (Å²) in [5.41, 5.74) is 3.47. The maximum atomic E-state index is 11.6. The van der Waals surface area contributed by atoms with Gasteiger partial charge in [-0.1, -0.05) is 53.2 Å². The summed E-state index contributed by atoms with van der Waals surface area (Å²) in [6.45, 7) is 17.8. The maximum Gasteiger partial charge on any atom is 0.0639 e. The molecule has 0 heterocycles. The first kappa shape index (κ1) is 21.2. The van der Waals surface area contributed by atoms with Crippen molar-refractivity contribution in [3.05, 3.63) is 12.2 Å². The SMILES string of the molecule is C=C1C[C@H](O)[C@]23CC[C@H]1[C@@H]2CC[C@]1(C)[C@@H]3CC[C@@H]2[C@@]3(C)CCCC(C)(C)[C@@H]3CC[C@]21C. The predicted octanol–water partition coefficient (Wildman–Crippen LogP) is 7.78. The molecular formula is C30H48O. The molecule has 10 atom stereocenters. The lowest BCUT2D eigenvalue weighted by Gasteiger charge is -2.74.